The van der Waals surface area contributed by atoms with E-state index >= 15 is 0 Å². The average molecular weight is 527 g/mol. The van der Waals surface area contributed by atoms with E-state index in [1.165, 1.54) is 6.41 Å². The second kappa shape index (κ2) is 10.9. The minimum atomic E-state index is -0.982. The largest absolute Gasteiger partial charge is 0.522 e. The van der Waals surface area contributed by atoms with Crippen LogP contribution in [0.2, 0.25) is 0 Å². The fourth-order valence-corrected chi connectivity index (χ4v) is 1.21. The van der Waals surface area contributed by atoms with E-state index in [4.69, 9.17) is 10.1 Å². The molecule has 0 radical (unpaired) electrons. The summed E-state index contributed by atoms with van der Waals surface area (Å²) in [5, 5.41) is 11.1. The Morgan fingerprint density at radius 1 is 1.40 bits per heavy atom. The van der Waals surface area contributed by atoms with E-state index in [-0.39, 0.29) is 26.0 Å². The molecule has 0 aliphatic rings. The van der Waals surface area contributed by atoms with Crippen molar-refractivity contribution in [3.05, 3.63) is 0 Å². The molecule has 3 N–H and O–H groups in total. The Morgan fingerprint density at radius 3 is 2.55 bits per heavy atom. The Balaban J connectivity index is 0. The van der Waals surface area contributed by atoms with Gasteiger partial charge in [0, 0.05) is 6.42 Å². The topological polar surface area (TPSA) is 125 Å². The molecule has 0 aliphatic heterocycles. The number of amides is 2. The number of ketones is 1. The van der Waals surface area contributed by atoms with Gasteiger partial charge in [-0.15, -0.1) is 0 Å². The first kappa shape index (κ1) is 19.1. The van der Waals surface area contributed by atoms with E-state index in [9.17, 15) is 19.2 Å². The van der Waals surface area contributed by atoms with Gasteiger partial charge in [-0.2, -0.15) is 6.41 Å². The van der Waals surface area contributed by atoms with Crippen LogP contribution in [-0.2, 0) is 23.9 Å². The van der Waals surface area contributed by atoms with Crippen LogP contribution in [0.1, 0.15) is 19.8 Å². The molecular formula is C11H16FmN3O5-. The van der Waals surface area contributed by atoms with E-state index in [0.717, 1.165) is 0 Å². The Hall–Kier alpha value is -3.25. The van der Waals surface area contributed by atoms with Crippen LogP contribution >= 0.6 is 0 Å². The van der Waals surface area contributed by atoms with Crippen LogP contribution in [0.15, 0.2) is 0 Å². The maximum Gasteiger partial charge on any atom is 0.328 e. The minimum absolute atomic E-state index is 0. The van der Waals surface area contributed by atoms with Crippen LogP contribution in [0.4, 0.5) is 0 Å². The fraction of sp³-hybridized carbons (Fsp3) is 0.545. The van der Waals surface area contributed by atoms with E-state index in [1.54, 1.807) is 6.92 Å². The number of ether oxygens (including phenoxy) is 1. The third-order valence-corrected chi connectivity index (χ3v) is 2.07. The first-order valence-corrected chi connectivity index (χ1v) is 5.64. The van der Waals surface area contributed by atoms with Gasteiger partial charge in [0.05, 0.1) is 19.4 Å². The molecule has 0 rings (SSSR count). The summed E-state index contributed by atoms with van der Waals surface area (Å²) in [7, 11) is 0. The Labute approximate surface area is 110 Å². The van der Waals surface area contributed by atoms with E-state index in [1.807, 2.05) is 5.32 Å². The number of carbonyl (C=O) groups excluding carboxylic acids is 4. The molecule has 2 amide bonds. The van der Waals surface area contributed by atoms with Crippen molar-refractivity contribution in [2.45, 2.75) is 25.8 Å². The van der Waals surface area contributed by atoms with Crippen LogP contribution in [0.3, 0.4) is 0 Å². The first-order chi connectivity index (χ1) is 9.04. The Kier molecular flexibility index (Phi) is 10.4. The molecule has 20 heavy (non-hydrogen) atoms. The molecule has 0 fully saturated rings. The Morgan fingerprint density at radius 2 is 2.05 bits per heavy atom. The quantitative estimate of drug-likeness (QED) is 0.141. The first-order valence-electron chi connectivity index (χ1n) is 5.64. The van der Waals surface area contributed by atoms with Crippen LogP contribution in [0.25, 0.3) is 0 Å². The van der Waals surface area contributed by atoms with Gasteiger partial charge in [-0.25, -0.2) is 4.79 Å². The van der Waals surface area contributed by atoms with Crippen LogP contribution in [0, 0.1) is 5.41 Å². The molecule has 0 bridgehead atoms. The maximum absolute atomic E-state index is 11.6. The van der Waals surface area contributed by atoms with E-state index in [2.05, 4.69) is 5.32 Å². The van der Waals surface area contributed by atoms with Gasteiger partial charge < -0.3 is 25.6 Å². The maximum atomic E-state index is 11.6. The molecular weight excluding hydrogens is 511 g/mol. The second-order valence-electron chi connectivity index (χ2n) is 3.48. The zero-order chi connectivity index (χ0) is 14.7. The summed E-state index contributed by atoms with van der Waals surface area (Å²) in [6, 6.07) is -0.982. The summed E-state index contributed by atoms with van der Waals surface area (Å²) >= 11 is 0. The van der Waals surface area contributed by atoms with Crippen molar-refractivity contribution < 1.29 is 23.9 Å². The Bertz CT molecular complexity index is 362. The van der Waals surface area contributed by atoms with Crippen molar-refractivity contribution in [3.8, 4) is 0 Å². The van der Waals surface area contributed by atoms with Crippen molar-refractivity contribution in [1.29, 1.82) is 5.41 Å². The van der Waals surface area contributed by atoms with Crippen molar-refractivity contribution in [2.75, 3.05) is 13.2 Å². The third kappa shape index (κ3) is 7.93. The minimum Gasteiger partial charge on any atom is -0.522 e. The van der Waals surface area contributed by atoms with E-state index < -0.39 is 23.7 Å². The number of carbonyl (C=O) groups is 3. The zero-order valence-corrected chi connectivity index (χ0v) is 13.2. The van der Waals surface area contributed by atoms with Gasteiger partial charge in [-0.1, -0.05) is 0 Å². The molecule has 0 aromatic rings. The SMILES string of the molecule is CCOC(=O)C(CCC(=O)C=N)NC(=O)CN[C-]=O.[Fm]. The van der Waals surface area contributed by atoms with Crippen LogP contribution < -0.4 is 10.6 Å². The van der Waals surface area contributed by atoms with Gasteiger partial charge in [0.1, 0.15) is 6.04 Å². The molecule has 8 nitrogen and oxygen atoms in total. The molecule has 1 unspecified atom stereocenters. The molecule has 9 heteroatoms. The average Bonchev–Trinajstić information content (AvgIpc) is 2.40. The molecule has 0 spiro atoms. The number of hydrogen-bond acceptors (Lipinski definition) is 6. The van der Waals surface area contributed by atoms with Gasteiger partial charge in [-0.3, -0.25) is 9.59 Å². The van der Waals surface area contributed by atoms with E-state index in [0.29, 0.717) is 6.21 Å². The third-order valence-electron chi connectivity index (χ3n) is 2.07. The number of nitrogens with one attached hydrogen (secondary N) is 3. The molecule has 0 saturated heterocycles. The molecule has 0 heterocycles. The molecule has 0 aliphatic carbocycles. The van der Waals surface area contributed by atoms with Crippen LogP contribution in [0.5, 0.6) is 0 Å². The van der Waals surface area contributed by atoms with Gasteiger partial charge >= 0.3 is 5.97 Å². The zero-order valence-electron chi connectivity index (χ0n) is 10.8. The standard InChI is InChI=1S/C11H16N3O5.Fm/c1-2-19-11(18)9(4-3-8(16)5-12)14-10(17)6-13-7-15;/h5,9,12H,2-4,6H2,1H3,(H,13,15)(H,14,17);/q-1;. The van der Waals surface area contributed by atoms with Gasteiger partial charge in [-0.05, 0) is 13.3 Å². The normalized spacial score (nSPS) is 10.4. The fourth-order valence-electron chi connectivity index (χ4n) is 1.21. The van der Waals surface area contributed by atoms with Crippen molar-refractivity contribution in [2.24, 2.45) is 0 Å². The van der Waals surface area contributed by atoms with Crippen molar-refractivity contribution in [1.82, 2.24) is 10.6 Å². The number of hydrogen-bond donors (Lipinski definition) is 3. The summed E-state index contributed by atoms with van der Waals surface area (Å²) in [5.74, 6) is -1.71. The van der Waals surface area contributed by atoms with Crippen molar-refractivity contribution in [3.63, 3.8) is 0 Å². The smallest absolute Gasteiger partial charge is 0.328 e. The predicted molar refractivity (Wildman–Crippen MR) is 65.3 cm³/mol. The molecule has 0 aromatic heterocycles. The molecule has 0 saturated carbocycles. The summed E-state index contributed by atoms with van der Waals surface area (Å²) in [4.78, 5) is 43.8. The number of Topliss-reactive ketones (excluding diaryl/α,β-unsaturated/α-hetero) is 1. The predicted octanol–water partition coefficient (Wildman–Crippen LogP) is -1.31. The summed E-state index contributed by atoms with van der Waals surface area (Å²) < 4.78 is 4.76. The molecule has 0 aromatic carbocycles. The molecule has 1 atom stereocenters. The monoisotopic (exact) mass is 527 g/mol. The molecule has 118 valence electrons. The van der Waals surface area contributed by atoms with Crippen LogP contribution in [-0.4, -0.2) is 49.5 Å². The summed E-state index contributed by atoms with van der Waals surface area (Å²) in [5.41, 5.74) is 0. The van der Waals surface area contributed by atoms with Crippen molar-refractivity contribution >= 4 is 30.3 Å². The number of rotatable bonds is 10. The second-order valence-corrected chi connectivity index (χ2v) is 3.48. The van der Waals surface area contributed by atoms with Gasteiger partial charge in [0.25, 0.3) is 0 Å². The number of esters is 1. The van der Waals surface area contributed by atoms with Gasteiger partial charge in [0.15, 0.2) is 5.78 Å². The van der Waals surface area contributed by atoms with Gasteiger partial charge in [0.2, 0.25) is 5.91 Å². The summed E-state index contributed by atoms with van der Waals surface area (Å²) in [6.07, 6.45) is 1.95. The summed E-state index contributed by atoms with van der Waals surface area (Å²) in [6.45, 7) is 1.43.